The maximum Gasteiger partial charge on any atom is 0.416 e. The Morgan fingerprint density at radius 2 is 1.77 bits per heavy atom. The Bertz CT molecular complexity index is 953. The van der Waals surface area contributed by atoms with Crippen molar-refractivity contribution in [2.75, 3.05) is 13.1 Å². The number of likely N-dealkylation sites (tertiary alicyclic amines) is 1. The quantitative estimate of drug-likeness (QED) is 0.590. The predicted molar refractivity (Wildman–Crippen MR) is 113 cm³/mol. The minimum Gasteiger partial charge on any atom is -0.362 e. The van der Waals surface area contributed by atoms with Crippen LogP contribution in [0, 0.1) is 5.82 Å². The second-order valence-corrected chi connectivity index (χ2v) is 8.83. The summed E-state index contributed by atoms with van der Waals surface area (Å²) in [6.45, 7) is 5.97. The molecule has 0 saturated carbocycles. The Balaban J connectivity index is 1.87. The molecular weight excluding hydrogens is 411 g/mol. The third-order valence-electron chi connectivity index (χ3n) is 4.93. The highest BCUT2D eigenvalue weighted by Crippen LogP contribution is 2.39. The van der Waals surface area contributed by atoms with Crippen LogP contribution in [-0.4, -0.2) is 43.5 Å². The molecule has 166 valence electrons. The zero-order valence-corrected chi connectivity index (χ0v) is 17.9. The van der Waals surface area contributed by atoms with Gasteiger partial charge in [-0.05, 0) is 38.5 Å². The largest absolute Gasteiger partial charge is 0.416 e. The van der Waals surface area contributed by atoms with Crippen LogP contribution in [0.15, 0.2) is 42.5 Å². The lowest BCUT2D eigenvalue weighted by Gasteiger charge is -2.42. The summed E-state index contributed by atoms with van der Waals surface area (Å²) in [6, 6.07) is 9.09. The standard InChI is InChI=1S/C22H25BF4N2O2/c1-21(2,3)28-20(30)29-11-14(12-29)31-19(16-9-8-13(23)10-18(16)24)15-6-4-5-7-17(15)22(25,26)27/h4-10,14,19H,11-12,23H2,1-3H3,(H,28,30). The third-order valence-corrected chi connectivity index (χ3v) is 4.93. The Morgan fingerprint density at radius 1 is 1.13 bits per heavy atom. The molecule has 31 heavy (non-hydrogen) atoms. The molecule has 0 aromatic heterocycles. The van der Waals surface area contributed by atoms with E-state index in [1.807, 2.05) is 20.8 Å². The summed E-state index contributed by atoms with van der Waals surface area (Å²) in [5.74, 6) is -0.636. The van der Waals surface area contributed by atoms with Gasteiger partial charge in [0.05, 0.1) is 24.8 Å². The number of nitrogens with one attached hydrogen (secondary N) is 1. The summed E-state index contributed by atoms with van der Waals surface area (Å²) in [4.78, 5) is 13.7. The van der Waals surface area contributed by atoms with Gasteiger partial charge in [-0.3, -0.25) is 0 Å². The summed E-state index contributed by atoms with van der Waals surface area (Å²) in [6.07, 6.45) is -6.38. The molecule has 1 saturated heterocycles. The molecule has 1 N–H and O–H groups in total. The van der Waals surface area contributed by atoms with Crippen molar-refractivity contribution in [3.63, 3.8) is 0 Å². The number of nitrogens with zero attached hydrogens (tertiary/aromatic N) is 1. The van der Waals surface area contributed by atoms with Gasteiger partial charge in [0, 0.05) is 11.1 Å². The second-order valence-electron chi connectivity index (χ2n) is 8.83. The molecular formula is C22H25BF4N2O2. The summed E-state index contributed by atoms with van der Waals surface area (Å²) >= 11 is 0. The number of halogens is 4. The first-order valence-electron chi connectivity index (χ1n) is 10.00. The van der Waals surface area contributed by atoms with Crippen molar-refractivity contribution in [3.05, 3.63) is 65.0 Å². The molecule has 0 spiro atoms. The summed E-state index contributed by atoms with van der Waals surface area (Å²) in [5.41, 5.74) is -0.767. The van der Waals surface area contributed by atoms with Crippen LogP contribution in [0.4, 0.5) is 22.4 Å². The van der Waals surface area contributed by atoms with Crippen molar-refractivity contribution >= 4 is 19.3 Å². The number of carbonyl (C=O) groups excluding carboxylic acids is 1. The van der Waals surface area contributed by atoms with Gasteiger partial charge in [-0.1, -0.05) is 35.8 Å². The fourth-order valence-corrected chi connectivity index (χ4v) is 3.43. The monoisotopic (exact) mass is 436 g/mol. The number of alkyl halides is 3. The van der Waals surface area contributed by atoms with Crippen molar-refractivity contribution in [1.29, 1.82) is 0 Å². The number of hydrogen-bond donors (Lipinski definition) is 1. The average Bonchev–Trinajstić information content (AvgIpc) is 2.59. The first kappa shape index (κ1) is 23.1. The molecule has 3 rings (SSSR count). The topological polar surface area (TPSA) is 41.6 Å². The lowest BCUT2D eigenvalue weighted by atomic mass is 9.90. The summed E-state index contributed by atoms with van der Waals surface area (Å²) < 4.78 is 61.6. The number of benzene rings is 2. The number of urea groups is 1. The molecule has 9 heteroatoms. The van der Waals surface area contributed by atoms with Crippen molar-refractivity contribution in [3.8, 4) is 0 Å². The molecule has 1 atom stereocenters. The summed E-state index contributed by atoms with van der Waals surface area (Å²) in [7, 11) is 1.70. The van der Waals surface area contributed by atoms with Gasteiger partial charge in [0.15, 0.2) is 0 Å². The number of rotatable bonds is 4. The Kier molecular flexibility index (Phi) is 6.36. The van der Waals surface area contributed by atoms with Crippen LogP contribution in [0.2, 0.25) is 0 Å². The number of ether oxygens (including phenoxy) is 1. The molecule has 2 aromatic carbocycles. The normalized spacial score (nSPS) is 16.0. The fraction of sp³-hybridized carbons (Fsp3) is 0.409. The van der Waals surface area contributed by atoms with Gasteiger partial charge >= 0.3 is 12.2 Å². The Labute approximate surface area is 180 Å². The average molecular weight is 436 g/mol. The lowest BCUT2D eigenvalue weighted by molar-refractivity contribution is -0.140. The van der Waals surface area contributed by atoms with Gasteiger partial charge in [0.1, 0.15) is 19.8 Å². The van der Waals surface area contributed by atoms with E-state index in [9.17, 15) is 22.4 Å². The third kappa shape index (κ3) is 5.58. The van der Waals surface area contributed by atoms with Crippen molar-refractivity contribution in [2.45, 2.75) is 44.7 Å². The molecule has 1 aliphatic heterocycles. The van der Waals surface area contributed by atoms with Crippen LogP contribution >= 0.6 is 0 Å². The van der Waals surface area contributed by atoms with E-state index in [1.54, 1.807) is 13.9 Å². The fourth-order valence-electron chi connectivity index (χ4n) is 3.43. The van der Waals surface area contributed by atoms with Crippen molar-refractivity contribution < 1.29 is 27.1 Å². The molecule has 2 aromatic rings. The molecule has 0 radical (unpaired) electrons. The van der Waals surface area contributed by atoms with Gasteiger partial charge in [0.25, 0.3) is 0 Å². The molecule has 0 aliphatic carbocycles. The van der Waals surface area contributed by atoms with E-state index in [0.717, 1.165) is 6.07 Å². The van der Waals surface area contributed by atoms with Gasteiger partial charge in [-0.2, -0.15) is 13.2 Å². The lowest BCUT2D eigenvalue weighted by Crippen LogP contribution is -2.60. The van der Waals surface area contributed by atoms with E-state index in [0.29, 0.717) is 5.46 Å². The maximum absolute atomic E-state index is 14.7. The highest BCUT2D eigenvalue weighted by Gasteiger charge is 2.39. The minimum atomic E-state index is -4.61. The van der Waals surface area contributed by atoms with Crippen LogP contribution in [0.3, 0.4) is 0 Å². The Hall–Kier alpha value is -2.55. The molecule has 1 unspecified atom stereocenters. The highest BCUT2D eigenvalue weighted by atomic mass is 19.4. The minimum absolute atomic E-state index is 0.0277. The second kappa shape index (κ2) is 8.53. The van der Waals surface area contributed by atoms with Crippen LogP contribution in [0.5, 0.6) is 0 Å². The number of carbonyl (C=O) groups is 1. The molecule has 1 heterocycles. The smallest absolute Gasteiger partial charge is 0.362 e. The van der Waals surface area contributed by atoms with Gasteiger partial charge in [-0.15, -0.1) is 0 Å². The Morgan fingerprint density at radius 3 is 2.35 bits per heavy atom. The first-order valence-corrected chi connectivity index (χ1v) is 10.00. The zero-order chi connectivity index (χ0) is 23.0. The predicted octanol–water partition coefficient (Wildman–Crippen LogP) is 3.40. The first-order chi connectivity index (χ1) is 14.3. The van der Waals surface area contributed by atoms with Crippen LogP contribution in [-0.2, 0) is 10.9 Å². The molecule has 4 nitrogen and oxygen atoms in total. The van der Waals surface area contributed by atoms with Gasteiger partial charge in [-0.25, -0.2) is 9.18 Å². The van der Waals surface area contributed by atoms with E-state index >= 15 is 0 Å². The molecule has 2 amide bonds. The number of amides is 2. The van der Waals surface area contributed by atoms with Crippen LogP contribution in [0.1, 0.15) is 43.6 Å². The van der Waals surface area contributed by atoms with Crippen molar-refractivity contribution in [2.24, 2.45) is 0 Å². The van der Waals surface area contributed by atoms with Gasteiger partial charge < -0.3 is 15.0 Å². The molecule has 0 bridgehead atoms. The van der Waals surface area contributed by atoms with E-state index in [4.69, 9.17) is 4.74 Å². The van der Waals surface area contributed by atoms with E-state index in [-0.39, 0.29) is 30.2 Å². The van der Waals surface area contributed by atoms with E-state index in [1.165, 1.54) is 35.2 Å². The van der Waals surface area contributed by atoms with Gasteiger partial charge in [0.2, 0.25) is 0 Å². The van der Waals surface area contributed by atoms with E-state index < -0.39 is 35.3 Å². The van der Waals surface area contributed by atoms with Crippen LogP contribution < -0.4 is 10.8 Å². The van der Waals surface area contributed by atoms with E-state index in [2.05, 4.69) is 5.32 Å². The molecule has 1 fully saturated rings. The zero-order valence-electron chi connectivity index (χ0n) is 17.9. The van der Waals surface area contributed by atoms with Crippen molar-refractivity contribution in [1.82, 2.24) is 10.2 Å². The van der Waals surface area contributed by atoms with Crippen LogP contribution in [0.25, 0.3) is 0 Å². The highest BCUT2D eigenvalue weighted by molar-refractivity contribution is 6.32. The molecule has 1 aliphatic rings. The maximum atomic E-state index is 14.7. The number of hydrogen-bond acceptors (Lipinski definition) is 2. The summed E-state index contributed by atoms with van der Waals surface area (Å²) in [5, 5.41) is 2.83. The SMILES string of the molecule is Bc1ccc(C(OC2CN(C(=O)NC(C)(C)C)C2)c2ccccc2C(F)(F)F)c(F)c1.